The van der Waals surface area contributed by atoms with Crippen LogP contribution in [0.4, 0.5) is 0 Å². The Labute approximate surface area is 168 Å². The summed E-state index contributed by atoms with van der Waals surface area (Å²) >= 11 is 0. The third kappa shape index (κ3) is 4.54. The van der Waals surface area contributed by atoms with Crippen LogP contribution >= 0.6 is 0 Å². The van der Waals surface area contributed by atoms with Gasteiger partial charge in [-0.2, -0.15) is 0 Å². The van der Waals surface area contributed by atoms with Crippen molar-refractivity contribution in [3.8, 4) is 0 Å². The number of hydrogen-bond acceptors (Lipinski definition) is 3. The largest absolute Gasteiger partial charge is 0.396 e. The van der Waals surface area contributed by atoms with Crippen LogP contribution in [0.3, 0.4) is 0 Å². The third-order valence-electron chi connectivity index (χ3n) is 6.26. The lowest BCUT2D eigenvalue weighted by Crippen LogP contribution is -2.56. The van der Waals surface area contributed by atoms with E-state index in [0.29, 0.717) is 30.5 Å². The van der Waals surface area contributed by atoms with Gasteiger partial charge in [0.15, 0.2) is 0 Å². The van der Waals surface area contributed by atoms with Crippen LogP contribution in [-0.2, 0) is 17.9 Å². The summed E-state index contributed by atoms with van der Waals surface area (Å²) in [5.41, 5.74) is 2.59. The van der Waals surface area contributed by atoms with Crippen LogP contribution in [0, 0.1) is 11.8 Å². The predicted molar refractivity (Wildman–Crippen MR) is 113 cm³/mol. The van der Waals surface area contributed by atoms with Crippen molar-refractivity contribution in [3.63, 3.8) is 0 Å². The molecule has 1 saturated heterocycles. The highest BCUT2D eigenvalue weighted by molar-refractivity contribution is 5.20. The van der Waals surface area contributed by atoms with Crippen LogP contribution in [0.15, 0.2) is 72.8 Å². The van der Waals surface area contributed by atoms with Crippen molar-refractivity contribution in [2.75, 3.05) is 13.2 Å². The van der Waals surface area contributed by atoms with E-state index < -0.39 is 0 Å². The normalized spacial score (nSPS) is 26.6. The molecular weight excluding hydrogens is 346 g/mol. The molecule has 0 saturated carbocycles. The smallest absolute Gasteiger partial charge is 0.0716 e. The van der Waals surface area contributed by atoms with E-state index in [2.05, 4.69) is 71.6 Å². The zero-order chi connectivity index (χ0) is 19.2. The third-order valence-corrected chi connectivity index (χ3v) is 6.26. The molecule has 0 unspecified atom stereocenters. The fourth-order valence-corrected chi connectivity index (χ4v) is 4.85. The van der Waals surface area contributed by atoms with Crippen molar-refractivity contribution in [3.05, 3.63) is 83.9 Å². The molecule has 28 heavy (non-hydrogen) atoms. The molecular formula is C25H31NO2. The van der Waals surface area contributed by atoms with E-state index in [1.807, 2.05) is 6.07 Å². The SMILES string of the molecule is OC[C@@H]1C[C@@H]2C=C[C@H]1N(Cc1ccccc1)[C@H]2CCCOCc1ccccc1. The van der Waals surface area contributed by atoms with Gasteiger partial charge in [-0.05, 0) is 36.3 Å². The lowest BCUT2D eigenvalue weighted by molar-refractivity contribution is -0.0121. The van der Waals surface area contributed by atoms with Gasteiger partial charge < -0.3 is 9.84 Å². The summed E-state index contributed by atoms with van der Waals surface area (Å²) in [5.74, 6) is 0.907. The van der Waals surface area contributed by atoms with E-state index >= 15 is 0 Å². The first-order chi connectivity index (χ1) is 13.8. The lowest BCUT2D eigenvalue weighted by Gasteiger charge is -2.52. The van der Waals surface area contributed by atoms with Crippen LogP contribution in [0.5, 0.6) is 0 Å². The maximum Gasteiger partial charge on any atom is 0.0716 e. The van der Waals surface area contributed by atoms with Crippen molar-refractivity contribution in [2.24, 2.45) is 11.8 Å². The molecule has 3 aliphatic rings. The second kappa shape index (κ2) is 9.51. The quantitative estimate of drug-likeness (QED) is 0.519. The van der Waals surface area contributed by atoms with Crippen molar-refractivity contribution in [1.29, 1.82) is 0 Å². The Morgan fingerprint density at radius 1 is 0.929 bits per heavy atom. The van der Waals surface area contributed by atoms with Crippen molar-refractivity contribution >= 4 is 0 Å². The summed E-state index contributed by atoms with van der Waals surface area (Å²) < 4.78 is 5.91. The first kappa shape index (κ1) is 19.4. The molecule has 0 amide bonds. The average molecular weight is 378 g/mol. The summed E-state index contributed by atoms with van der Waals surface area (Å²) in [7, 11) is 0. The molecule has 1 fully saturated rings. The number of aliphatic hydroxyl groups is 1. The molecule has 1 aliphatic carbocycles. The minimum Gasteiger partial charge on any atom is -0.396 e. The highest BCUT2D eigenvalue weighted by Gasteiger charge is 2.43. The lowest BCUT2D eigenvalue weighted by atomic mass is 9.72. The van der Waals surface area contributed by atoms with Crippen molar-refractivity contribution < 1.29 is 9.84 Å². The summed E-state index contributed by atoms with van der Waals surface area (Å²) in [6, 6.07) is 22.0. The minimum absolute atomic E-state index is 0.281. The number of aliphatic hydroxyl groups excluding tert-OH is 1. The Bertz CT molecular complexity index is 746. The van der Waals surface area contributed by atoms with E-state index in [1.165, 1.54) is 11.1 Å². The summed E-state index contributed by atoms with van der Waals surface area (Å²) in [6.07, 6.45) is 8.06. The summed E-state index contributed by atoms with van der Waals surface area (Å²) in [6.45, 7) is 2.73. The topological polar surface area (TPSA) is 32.7 Å². The van der Waals surface area contributed by atoms with Gasteiger partial charge in [0.25, 0.3) is 0 Å². The van der Waals surface area contributed by atoms with E-state index in [-0.39, 0.29) is 6.61 Å². The number of rotatable bonds is 9. The highest BCUT2D eigenvalue weighted by Crippen LogP contribution is 2.41. The fraction of sp³-hybridized carbons (Fsp3) is 0.440. The van der Waals surface area contributed by atoms with Gasteiger partial charge in [-0.3, -0.25) is 4.90 Å². The highest BCUT2D eigenvalue weighted by atomic mass is 16.5. The maximum atomic E-state index is 9.86. The van der Waals surface area contributed by atoms with Crippen LogP contribution in [0.25, 0.3) is 0 Å². The number of piperidine rings is 1. The molecule has 148 valence electrons. The molecule has 0 aromatic heterocycles. The first-order valence-corrected chi connectivity index (χ1v) is 10.6. The Kier molecular flexibility index (Phi) is 6.58. The van der Waals surface area contributed by atoms with Gasteiger partial charge >= 0.3 is 0 Å². The summed E-state index contributed by atoms with van der Waals surface area (Å²) in [5, 5.41) is 9.86. The standard InChI is InChI=1S/C25H31NO2/c27-18-23-16-22-13-14-25(23)26(17-20-8-3-1-4-9-20)24(22)12-7-15-28-19-21-10-5-2-6-11-21/h1-6,8-11,13-14,22-25,27H,7,12,15-19H2/t22-,23-,24-,25+/m0/s1. The second-order valence-electron chi connectivity index (χ2n) is 8.12. The number of nitrogens with zero attached hydrogens (tertiary/aromatic N) is 1. The molecule has 0 spiro atoms. The van der Waals surface area contributed by atoms with Crippen LogP contribution in [0.1, 0.15) is 30.4 Å². The molecule has 2 aromatic rings. The minimum atomic E-state index is 0.281. The van der Waals surface area contributed by atoms with Crippen molar-refractivity contribution in [2.45, 2.75) is 44.5 Å². The Morgan fingerprint density at radius 3 is 2.36 bits per heavy atom. The zero-order valence-corrected chi connectivity index (χ0v) is 16.5. The van der Waals surface area contributed by atoms with Crippen LogP contribution in [0.2, 0.25) is 0 Å². The Hall–Kier alpha value is -1.94. The molecule has 0 radical (unpaired) electrons. The number of benzene rings is 2. The monoisotopic (exact) mass is 377 g/mol. The molecule has 2 aromatic carbocycles. The van der Waals surface area contributed by atoms with Gasteiger partial charge in [-0.1, -0.05) is 72.8 Å². The number of hydrogen-bond donors (Lipinski definition) is 1. The van der Waals surface area contributed by atoms with Gasteiger partial charge in [0.2, 0.25) is 0 Å². The van der Waals surface area contributed by atoms with Gasteiger partial charge in [0.1, 0.15) is 0 Å². The molecule has 2 bridgehead atoms. The molecule has 3 nitrogen and oxygen atoms in total. The second-order valence-corrected chi connectivity index (χ2v) is 8.12. The van der Waals surface area contributed by atoms with Gasteiger partial charge in [0, 0.05) is 37.8 Å². The van der Waals surface area contributed by atoms with E-state index in [1.54, 1.807) is 0 Å². The molecule has 2 aliphatic heterocycles. The fourth-order valence-electron chi connectivity index (χ4n) is 4.85. The Morgan fingerprint density at radius 2 is 1.64 bits per heavy atom. The van der Waals surface area contributed by atoms with Gasteiger partial charge in [-0.25, -0.2) is 0 Å². The first-order valence-electron chi connectivity index (χ1n) is 10.6. The summed E-state index contributed by atoms with van der Waals surface area (Å²) in [4.78, 5) is 2.63. The maximum absolute atomic E-state index is 9.86. The molecule has 4 atom stereocenters. The van der Waals surface area contributed by atoms with E-state index in [4.69, 9.17) is 4.74 Å². The van der Waals surface area contributed by atoms with Crippen LogP contribution < -0.4 is 0 Å². The van der Waals surface area contributed by atoms with Gasteiger partial charge in [0.05, 0.1) is 6.61 Å². The number of fused-ring (bicyclic) bond motifs is 2. The van der Waals surface area contributed by atoms with E-state index in [0.717, 1.165) is 32.4 Å². The van der Waals surface area contributed by atoms with Crippen LogP contribution in [-0.4, -0.2) is 35.3 Å². The van der Waals surface area contributed by atoms with Gasteiger partial charge in [-0.15, -0.1) is 0 Å². The number of ether oxygens (including phenoxy) is 1. The van der Waals surface area contributed by atoms with Crippen molar-refractivity contribution in [1.82, 2.24) is 4.90 Å². The molecule has 1 N–H and O–H groups in total. The average Bonchev–Trinajstić information content (AvgIpc) is 2.76. The van der Waals surface area contributed by atoms with E-state index in [9.17, 15) is 5.11 Å². The molecule has 2 heterocycles. The zero-order valence-electron chi connectivity index (χ0n) is 16.5. The molecule has 5 rings (SSSR count). The predicted octanol–water partition coefficient (Wildman–Crippen LogP) is 4.42. The Balaban J connectivity index is 1.34. The molecule has 3 heteroatoms.